The molecule has 26 heavy (non-hydrogen) atoms. The molecular formula is C21H26N2O3. The summed E-state index contributed by atoms with van der Waals surface area (Å²) in [6.45, 7) is 5.70. The molecule has 1 aromatic carbocycles. The third-order valence-corrected chi connectivity index (χ3v) is 4.39. The van der Waals surface area contributed by atoms with Crippen LogP contribution >= 0.6 is 0 Å². The summed E-state index contributed by atoms with van der Waals surface area (Å²) in [4.78, 5) is 24.0. The summed E-state index contributed by atoms with van der Waals surface area (Å²) >= 11 is 0. The number of ether oxygens (including phenoxy) is 1. The number of rotatable bonds is 8. The molecule has 1 heterocycles. The van der Waals surface area contributed by atoms with Gasteiger partial charge in [-0.3, -0.25) is 9.48 Å². The molecule has 0 amide bonds. The van der Waals surface area contributed by atoms with Crippen LogP contribution in [0.4, 0.5) is 0 Å². The quantitative estimate of drug-likeness (QED) is 0.411. The second-order valence-electron chi connectivity index (χ2n) is 6.37. The van der Waals surface area contributed by atoms with Crippen LogP contribution in [0.1, 0.15) is 52.6 Å². The smallest absolute Gasteiger partial charge is 0.331 e. The highest BCUT2D eigenvalue weighted by Crippen LogP contribution is 2.14. The molecule has 5 nitrogen and oxygen atoms in total. The van der Waals surface area contributed by atoms with Gasteiger partial charge in [0.15, 0.2) is 12.4 Å². The zero-order valence-electron chi connectivity index (χ0n) is 15.9. The molecule has 0 aliphatic heterocycles. The van der Waals surface area contributed by atoms with Gasteiger partial charge in [0, 0.05) is 29.9 Å². The van der Waals surface area contributed by atoms with Gasteiger partial charge in [-0.2, -0.15) is 5.10 Å². The minimum absolute atomic E-state index is 0.206. The van der Waals surface area contributed by atoms with Gasteiger partial charge in [0.25, 0.3) is 0 Å². The molecule has 0 radical (unpaired) electrons. The first kappa shape index (κ1) is 19.6. The van der Waals surface area contributed by atoms with Gasteiger partial charge in [-0.1, -0.05) is 37.6 Å². The fraction of sp³-hybridized carbons (Fsp3) is 0.381. The Morgan fingerprint density at radius 2 is 1.88 bits per heavy atom. The summed E-state index contributed by atoms with van der Waals surface area (Å²) in [5, 5.41) is 4.29. The lowest BCUT2D eigenvalue weighted by Gasteiger charge is -2.04. The van der Waals surface area contributed by atoms with Gasteiger partial charge in [-0.15, -0.1) is 0 Å². The highest BCUT2D eigenvalue weighted by molar-refractivity contribution is 5.98. The fourth-order valence-electron chi connectivity index (χ4n) is 2.69. The van der Waals surface area contributed by atoms with E-state index in [0.29, 0.717) is 5.56 Å². The zero-order valence-corrected chi connectivity index (χ0v) is 15.9. The number of hydrogen-bond acceptors (Lipinski definition) is 4. The Morgan fingerprint density at radius 3 is 2.46 bits per heavy atom. The predicted octanol–water partition coefficient (Wildman–Crippen LogP) is 3.82. The summed E-state index contributed by atoms with van der Waals surface area (Å²) in [6, 6.07) is 7.50. The van der Waals surface area contributed by atoms with Crippen molar-refractivity contribution in [1.29, 1.82) is 0 Å². The molecular weight excluding hydrogens is 328 g/mol. The van der Waals surface area contributed by atoms with Crippen molar-refractivity contribution >= 4 is 17.8 Å². The topological polar surface area (TPSA) is 61.2 Å². The van der Waals surface area contributed by atoms with E-state index in [9.17, 15) is 9.59 Å². The van der Waals surface area contributed by atoms with E-state index in [0.717, 1.165) is 36.2 Å². The molecule has 0 fully saturated rings. The Balaban J connectivity index is 1.88. The van der Waals surface area contributed by atoms with E-state index < -0.39 is 5.97 Å². The van der Waals surface area contributed by atoms with Crippen LogP contribution in [0.2, 0.25) is 0 Å². The van der Waals surface area contributed by atoms with Crippen LogP contribution in [0.5, 0.6) is 0 Å². The van der Waals surface area contributed by atoms with Crippen LogP contribution in [0.3, 0.4) is 0 Å². The lowest BCUT2D eigenvalue weighted by Crippen LogP contribution is -2.12. The molecule has 0 N–H and O–H groups in total. The van der Waals surface area contributed by atoms with Gasteiger partial charge in [-0.25, -0.2) is 4.79 Å². The van der Waals surface area contributed by atoms with Crippen molar-refractivity contribution in [3.63, 3.8) is 0 Å². The number of nitrogens with zero attached hydrogens (tertiary/aromatic N) is 2. The summed E-state index contributed by atoms with van der Waals surface area (Å²) in [7, 11) is 1.85. The SMILES string of the molecule is CCCCc1ccc(C(=O)COC(=O)/C=C\c2c(C)nn(C)c2C)cc1. The van der Waals surface area contributed by atoms with Crippen LogP contribution < -0.4 is 0 Å². The summed E-state index contributed by atoms with van der Waals surface area (Å²) in [5.74, 6) is -0.747. The molecule has 0 bridgehead atoms. The maximum Gasteiger partial charge on any atom is 0.331 e. The minimum atomic E-state index is -0.541. The van der Waals surface area contributed by atoms with E-state index in [2.05, 4.69) is 12.0 Å². The van der Waals surface area contributed by atoms with E-state index >= 15 is 0 Å². The first-order chi connectivity index (χ1) is 12.4. The number of Topliss-reactive ketones (excluding diaryl/α,β-unsaturated/α-hetero) is 1. The number of esters is 1. The molecule has 5 heteroatoms. The first-order valence-corrected chi connectivity index (χ1v) is 8.89. The second kappa shape index (κ2) is 9.13. The van der Waals surface area contributed by atoms with Crippen molar-refractivity contribution in [2.45, 2.75) is 40.0 Å². The number of hydrogen-bond donors (Lipinski definition) is 0. The average molecular weight is 354 g/mol. The van der Waals surface area contributed by atoms with E-state index in [1.807, 2.05) is 33.0 Å². The number of carbonyl (C=O) groups is 2. The van der Waals surface area contributed by atoms with Crippen LogP contribution in [-0.2, 0) is 23.0 Å². The number of carbonyl (C=O) groups excluding carboxylic acids is 2. The Labute approximate surface area is 154 Å². The molecule has 2 aromatic rings. The molecule has 1 aromatic heterocycles. The van der Waals surface area contributed by atoms with Crippen molar-refractivity contribution in [3.8, 4) is 0 Å². The second-order valence-corrected chi connectivity index (χ2v) is 6.37. The highest BCUT2D eigenvalue weighted by atomic mass is 16.5. The maximum atomic E-state index is 12.1. The molecule has 0 atom stereocenters. The van der Waals surface area contributed by atoms with Crippen molar-refractivity contribution in [3.05, 3.63) is 58.4 Å². The van der Waals surface area contributed by atoms with Crippen molar-refractivity contribution in [2.24, 2.45) is 7.05 Å². The molecule has 2 rings (SSSR count). The van der Waals surface area contributed by atoms with Gasteiger partial charge < -0.3 is 4.74 Å². The highest BCUT2D eigenvalue weighted by Gasteiger charge is 2.10. The number of aromatic nitrogens is 2. The van der Waals surface area contributed by atoms with Gasteiger partial charge in [0.05, 0.1) is 5.69 Å². The Kier molecular flexibility index (Phi) is 6.89. The minimum Gasteiger partial charge on any atom is -0.454 e. The van der Waals surface area contributed by atoms with Crippen molar-refractivity contribution < 1.29 is 14.3 Å². The van der Waals surface area contributed by atoms with E-state index in [-0.39, 0.29) is 12.4 Å². The molecule has 0 saturated carbocycles. The van der Waals surface area contributed by atoms with E-state index in [1.54, 1.807) is 22.9 Å². The Hall–Kier alpha value is -2.69. The van der Waals surface area contributed by atoms with Crippen LogP contribution in [0, 0.1) is 13.8 Å². The monoisotopic (exact) mass is 354 g/mol. The standard InChI is InChI=1S/C21H26N2O3/c1-5-6-7-17-8-10-18(11-9-17)20(24)14-26-21(25)13-12-19-15(2)22-23(4)16(19)3/h8-13H,5-7,14H2,1-4H3/b13-12-. The Bertz CT molecular complexity index is 801. The predicted molar refractivity (Wildman–Crippen MR) is 102 cm³/mol. The van der Waals surface area contributed by atoms with Gasteiger partial charge in [0.2, 0.25) is 0 Å². The average Bonchev–Trinajstić information content (AvgIpc) is 2.88. The molecule has 0 aliphatic rings. The summed E-state index contributed by atoms with van der Waals surface area (Å²) < 4.78 is 6.82. The summed E-state index contributed by atoms with van der Waals surface area (Å²) in [5.41, 5.74) is 4.46. The van der Waals surface area contributed by atoms with E-state index in [1.165, 1.54) is 11.6 Å². The summed E-state index contributed by atoms with van der Waals surface area (Å²) in [6.07, 6.45) is 6.29. The van der Waals surface area contributed by atoms with Gasteiger partial charge in [-0.05, 0) is 38.3 Å². The number of aryl methyl sites for hydroxylation is 3. The molecule has 0 unspecified atom stereocenters. The lowest BCUT2D eigenvalue weighted by atomic mass is 10.0. The normalized spacial score (nSPS) is 11.1. The maximum absolute atomic E-state index is 12.1. The molecule has 0 spiro atoms. The lowest BCUT2D eigenvalue weighted by molar-refractivity contribution is -0.136. The largest absolute Gasteiger partial charge is 0.454 e. The van der Waals surface area contributed by atoms with Gasteiger partial charge >= 0.3 is 5.97 Å². The fourth-order valence-corrected chi connectivity index (χ4v) is 2.69. The third-order valence-electron chi connectivity index (χ3n) is 4.39. The third kappa shape index (κ3) is 5.15. The Morgan fingerprint density at radius 1 is 1.19 bits per heavy atom. The van der Waals surface area contributed by atoms with Crippen LogP contribution in [-0.4, -0.2) is 28.1 Å². The molecule has 0 aliphatic carbocycles. The molecule has 0 saturated heterocycles. The van der Waals surface area contributed by atoms with Crippen LogP contribution in [0.15, 0.2) is 30.3 Å². The number of unbranched alkanes of at least 4 members (excludes halogenated alkanes) is 1. The molecule has 138 valence electrons. The van der Waals surface area contributed by atoms with Crippen molar-refractivity contribution in [1.82, 2.24) is 9.78 Å². The first-order valence-electron chi connectivity index (χ1n) is 8.89. The number of benzene rings is 1. The van der Waals surface area contributed by atoms with Crippen LogP contribution in [0.25, 0.3) is 6.08 Å². The van der Waals surface area contributed by atoms with Gasteiger partial charge in [0.1, 0.15) is 0 Å². The van der Waals surface area contributed by atoms with Crippen molar-refractivity contribution in [2.75, 3.05) is 6.61 Å². The van der Waals surface area contributed by atoms with E-state index in [4.69, 9.17) is 4.74 Å². The number of ketones is 1. The zero-order chi connectivity index (χ0) is 19.1.